The molecule has 1 heterocycles. The molecule has 0 radical (unpaired) electrons. The summed E-state index contributed by atoms with van der Waals surface area (Å²) in [6.45, 7) is 8.78. The number of anilines is 1. The number of aryl methyl sites for hydroxylation is 1. The van der Waals surface area contributed by atoms with Crippen LogP contribution in [0.15, 0.2) is 72.9 Å². The number of carbonyl (C=O) groups excluding carboxylic acids is 2. The van der Waals surface area contributed by atoms with Crippen LogP contribution in [0.1, 0.15) is 43.9 Å². The van der Waals surface area contributed by atoms with Gasteiger partial charge >= 0.3 is 5.97 Å². The van der Waals surface area contributed by atoms with Crippen LogP contribution in [0.25, 0.3) is 21.9 Å². The van der Waals surface area contributed by atoms with E-state index >= 15 is 0 Å². The number of pyridine rings is 1. The molecule has 0 bridgehead atoms. The topological polar surface area (TPSA) is 78.0 Å². The maximum atomic E-state index is 13.7. The average Bonchev–Trinajstić information content (AvgIpc) is 2.94. The highest BCUT2D eigenvalue weighted by atomic mass is 16.6. The fraction of sp³-hybridized carbons (Fsp3) is 0.324. The number of benzene rings is 3. The van der Waals surface area contributed by atoms with Crippen molar-refractivity contribution in [2.45, 2.75) is 47.3 Å². The van der Waals surface area contributed by atoms with E-state index in [0.717, 1.165) is 44.3 Å². The van der Waals surface area contributed by atoms with Crippen LogP contribution in [0.5, 0.6) is 5.75 Å². The highest BCUT2D eigenvalue weighted by Crippen LogP contribution is 2.31. The molecule has 4 rings (SSSR count). The molecular weight excluding hydrogens is 516 g/mol. The maximum Gasteiger partial charge on any atom is 0.331 e. The minimum Gasteiger partial charge on any atom is -0.496 e. The number of ether oxygens (including phenoxy) is 3. The van der Waals surface area contributed by atoms with Crippen molar-refractivity contribution in [3.8, 4) is 16.9 Å². The van der Waals surface area contributed by atoms with Gasteiger partial charge in [0.15, 0.2) is 0 Å². The van der Waals surface area contributed by atoms with Crippen molar-refractivity contribution in [3.63, 3.8) is 0 Å². The van der Waals surface area contributed by atoms with Gasteiger partial charge in [0.25, 0.3) is 0 Å². The van der Waals surface area contributed by atoms with Crippen molar-refractivity contribution in [1.29, 1.82) is 0 Å². The third kappa shape index (κ3) is 7.70. The summed E-state index contributed by atoms with van der Waals surface area (Å²) in [5.41, 5.74) is 5.02. The van der Waals surface area contributed by atoms with Gasteiger partial charge in [-0.2, -0.15) is 0 Å². The normalized spacial score (nSPS) is 11.4. The third-order valence-corrected chi connectivity index (χ3v) is 6.79. The first kappa shape index (κ1) is 29.7. The monoisotopic (exact) mass is 554 g/mol. The number of fused-ring (bicyclic) bond motifs is 1. The predicted molar refractivity (Wildman–Crippen MR) is 162 cm³/mol. The Hall–Kier alpha value is -4.23. The Bertz CT molecular complexity index is 1520. The van der Waals surface area contributed by atoms with Crippen LogP contribution in [0.2, 0.25) is 0 Å². The van der Waals surface area contributed by atoms with Gasteiger partial charge in [-0.25, -0.2) is 9.78 Å². The second kappa shape index (κ2) is 13.0. The number of amides is 1. The fourth-order valence-electron chi connectivity index (χ4n) is 4.70. The van der Waals surface area contributed by atoms with Crippen LogP contribution in [-0.4, -0.2) is 37.7 Å². The fourth-order valence-corrected chi connectivity index (χ4v) is 4.70. The summed E-state index contributed by atoms with van der Waals surface area (Å²) < 4.78 is 15.5. The molecule has 0 spiro atoms. The summed E-state index contributed by atoms with van der Waals surface area (Å²) >= 11 is 0. The van der Waals surface area contributed by atoms with Gasteiger partial charge < -0.3 is 14.2 Å². The van der Waals surface area contributed by atoms with E-state index in [-0.39, 0.29) is 24.5 Å². The number of rotatable bonds is 10. The first-order valence-electron chi connectivity index (χ1n) is 13.6. The van der Waals surface area contributed by atoms with Gasteiger partial charge in [-0.05, 0) is 69.8 Å². The molecule has 0 N–H and O–H groups in total. The van der Waals surface area contributed by atoms with Crippen LogP contribution in [-0.2, 0) is 32.2 Å². The quantitative estimate of drug-likeness (QED) is 0.199. The minimum absolute atomic E-state index is 0.0119. The molecule has 3 aromatic carbocycles. The van der Waals surface area contributed by atoms with E-state index in [4.69, 9.17) is 9.47 Å². The van der Waals surface area contributed by atoms with Gasteiger partial charge in [0.1, 0.15) is 18.2 Å². The SMILES string of the molecule is COC(=O)COCc1ccc2c(N(Cc3ccc(-c4ccc(OC)c(C)c4)cc3)C(=O)CC(C)(C)C)nccc2c1. The lowest BCUT2D eigenvalue weighted by atomic mass is 9.91. The van der Waals surface area contributed by atoms with Crippen molar-refractivity contribution in [3.05, 3.63) is 89.6 Å². The highest BCUT2D eigenvalue weighted by Gasteiger charge is 2.25. The molecule has 0 aliphatic heterocycles. The molecule has 0 atom stereocenters. The molecule has 7 heteroatoms. The Morgan fingerprint density at radius 2 is 1.59 bits per heavy atom. The van der Waals surface area contributed by atoms with E-state index in [1.165, 1.54) is 7.11 Å². The molecule has 1 aromatic heterocycles. The zero-order valence-corrected chi connectivity index (χ0v) is 24.7. The molecule has 4 aromatic rings. The number of esters is 1. The molecular formula is C34H38N2O5. The Labute approximate surface area is 242 Å². The molecule has 7 nitrogen and oxygen atoms in total. The lowest BCUT2D eigenvalue weighted by Gasteiger charge is -2.27. The number of hydrogen-bond donors (Lipinski definition) is 0. The summed E-state index contributed by atoms with van der Waals surface area (Å²) in [6, 6.07) is 22.2. The van der Waals surface area contributed by atoms with Crippen molar-refractivity contribution in [1.82, 2.24) is 4.98 Å². The second-order valence-corrected chi connectivity index (χ2v) is 11.4. The molecule has 0 fully saturated rings. The van der Waals surface area contributed by atoms with Crippen LogP contribution in [0.4, 0.5) is 5.82 Å². The van der Waals surface area contributed by atoms with E-state index in [2.05, 4.69) is 66.9 Å². The van der Waals surface area contributed by atoms with Crippen molar-refractivity contribution < 1.29 is 23.8 Å². The molecule has 1 amide bonds. The molecule has 0 aliphatic rings. The maximum absolute atomic E-state index is 13.7. The zero-order valence-electron chi connectivity index (χ0n) is 24.7. The van der Waals surface area contributed by atoms with Gasteiger partial charge in [0.05, 0.1) is 27.4 Å². The van der Waals surface area contributed by atoms with Crippen molar-refractivity contribution >= 4 is 28.5 Å². The molecule has 0 saturated heterocycles. The Balaban J connectivity index is 1.62. The van der Waals surface area contributed by atoms with Gasteiger partial charge in [0.2, 0.25) is 5.91 Å². The Kier molecular flexibility index (Phi) is 9.40. The molecule has 41 heavy (non-hydrogen) atoms. The lowest BCUT2D eigenvalue weighted by Crippen LogP contribution is -2.34. The van der Waals surface area contributed by atoms with Gasteiger partial charge in [-0.1, -0.05) is 63.2 Å². The lowest BCUT2D eigenvalue weighted by molar-refractivity contribution is -0.146. The number of aromatic nitrogens is 1. The molecule has 0 unspecified atom stereocenters. The summed E-state index contributed by atoms with van der Waals surface area (Å²) in [4.78, 5) is 31.5. The number of nitrogens with zero attached hydrogens (tertiary/aromatic N) is 2. The van der Waals surface area contributed by atoms with Crippen molar-refractivity contribution in [2.24, 2.45) is 5.41 Å². The second-order valence-electron chi connectivity index (χ2n) is 11.4. The van der Waals surface area contributed by atoms with E-state index < -0.39 is 5.97 Å². The van der Waals surface area contributed by atoms with Crippen molar-refractivity contribution in [2.75, 3.05) is 25.7 Å². The number of carbonyl (C=O) groups is 2. The molecule has 214 valence electrons. The zero-order chi connectivity index (χ0) is 29.6. The van der Waals surface area contributed by atoms with Crippen LogP contribution >= 0.6 is 0 Å². The third-order valence-electron chi connectivity index (χ3n) is 6.79. The Morgan fingerprint density at radius 1 is 0.878 bits per heavy atom. The average molecular weight is 555 g/mol. The standard InChI is InChI=1S/C34H38N2O5/c1-23-17-27(12-14-30(23)39-5)26-10-7-24(8-11-26)20-36(31(37)19-34(2,3)4)33-29-13-9-25(18-28(29)15-16-35-33)21-41-22-32(38)40-6/h7-18H,19-22H2,1-6H3. The number of methoxy groups -OCH3 is 2. The minimum atomic E-state index is -0.419. The summed E-state index contributed by atoms with van der Waals surface area (Å²) in [5, 5.41) is 1.81. The Morgan fingerprint density at radius 3 is 2.24 bits per heavy atom. The summed E-state index contributed by atoms with van der Waals surface area (Å²) in [5.74, 6) is 1.07. The molecule has 0 saturated carbocycles. The van der Waals surface area contributed by atoms with Crippen LogP contribution in [0, 0.1) is 12.3 Å². The van der Waals surface area contributed by atoms with Gasteiger partial charge in [0, 0.05) is 18.0 Å². The van der Waals surface area contributed by atoms with E-state index in [1.54, 1.807) is 18.2 Å². The van der Waals surface area contributed by atoms with Gasteiger partial charge in [-0.3, -0.25) is 9.69 Å². The highest BCUT2D eigenvalue weighted by molar-refractivity contribution is 6.02. The van der Waals surface area contributed by atoms with Crippen LogP contribution in [0.3, 0.4) is 0 Å². The van der Waals surface area contributed by atoms with E-state index in [0.29, 0.717) is 18.8 Å². The van der Waals surface area contributed by atoms with E-state index in [1.807, 2.05) is 37.3 Å². The first-order chi connectivity index (χ1) is 19.6. The largest absolute Gasteiger partial charge is 0.496 e. The van der Waals surface area contributed by atoms with Gasteiger partial charge in [-0.15, -0.1) is 0 Å². The van der Waals surface area contributed by atoms with E-state index in [9.17, 15) is 9.59 Å². The molecule has 0 aliphatic carbocycles. The number of hydrogen-bond acceptors (Lipinski definition) is 6. The predicted octanol–water partition coefficient (Wildman–Crippen LogP) is 6.88. The summed E-state index contributed by atoms with van der Waals surface area (Å²) in [6.07, 6.45) is 2.11. The van der Waals surface area contributed by atoms with Crippen LogP contribution < -0.4 is 9.64 Å². The summed E-state index contributed by atoms with van der Waals surface area (Å²) in [7, 11) is 3.01. The smallest absolute Gasteiger partial charge is 0.331 e. The first-order valence-corrected chi connectivity index (χ1v) is 13.6.